The van der Waals surface area contributed by atoms with Crippen molar-refractivity contribution in [1.29, 1.82) is 5.26 Å². The zero-order valence-corrected chi connectivity index (χ0v) is 9.27. The summed E-state index contributed by atoms with van der Waals surface area (Å²) >= 11 is 0. The highest BCUT2D eigenvalue weighted by atomic mass is 19.1. The van der Waals surface area contributed by atoms with Gasteiger partial charge in [-0.1, -0.05) is 6.07 Å². The van der Waals surface area contributed by atoms with E-state index in [1.54, 1.807) is 6.07 Å². The van der Waals surface area contributed by atoms with Gasteiger partial charge in [0.25, 0.3) is 0 Å². The van der Waals surface area contributed by atoms with E-state index in [2.05, 4.69) is 5.32 Å². The Morgan fingerprint density at radius 2 is 2.39 bits per heavy atom. The Morgan fingerprint density at radius 1 is 1.61 bits per heavy atom. The smallest absolute Gasteiger partial charge is 0.315 e. The predicted octanol–water partition coefficient (Wildman–Crippen LogP) is 1.32. The second-order valence-corrected chi connectivity index (χ2v) is 3.80. The lowest BCUT2D eigenvalue weighted by molar-refractivity contribution is -0.145. The molecular weight excluding hydrogens is 239 g/mol. The van der Waals surface area contributed by atoms with Gasteiger partial charge >= 0.3 is 5.97 Å². The molecule has 1 aromatic rings. The maximum atomic E-state index is 13.0. The van der Waals surface area contributed by atoms with Gasteiger partial charge < -0.3 is 10.1 Å². The molecule has 0 unspecified atom stereocenters. The Labute approximate surface area is 102 Å². The van der Waals surface area contributed by atoms with Gasteiger partial charge in [-0.25, -0.2) is 4.39 Å². The Hall–Kier alpha value is -2.42. The summed E-state index contributed by atoms with van der Waals surface area (Å²) in [4.78, 5) is 23.1. The third kappa shape index (κ3) is 2.30. The molecule has 18 heavy (non-hydrogen) atoms. The number of esters is 1. The lowest BCUT2D eigenvalue weighted by Gasteiger charge is -2.23. The van der Waals surface area contributed by atoms with Crippen molar-refractivity contribution in [3.05, 3.63) is 29.6 Å². The zero-order valence-electron chi connectivity index (χ0n) is 9.27. The van der Waals surface area contributed by atoms with Gasteiger partial charge in [0.1, 0.15) is 11.9 Å². The first-order chi connectivity index (χ1) is 8.61. The van der Waals surface area contributed by atoms with Crippen LogP contribution in [-0.4, -0.2) is 18.5 Å². The van der Waals surface area contributed by atoms with E-state index < -0.39 is 17.7 Å². The first-order valence-electron chi connectivity index (χ1n) is 5.24. The van der Waals surface area contributed by atoms with E-state index in [0.29, 0.717) is 5.56 Å². The number of anilines is 1. The predicted molar refractivity (Wildman–Crippen MR) is 59.0 cm³/mol. The van der Waals surface area contributed by atoms with E-state index in [1.807, 2.05) is 0 Å². The maximum Gasteiger partial charge on any atom is 0.315 e. The van der Waals surface area contributed by atoms with Crippen LogP contribution in [0.25, 0.3) is 0 Å². The van der Waals surface area contributed by atoms with Gasteiger partial charge in [0.05, 0.1) is 5.92 Å². The minimum Gasteiger partial charge on any atom is -0.450 e. The molecule has 0 radical (unpaired) electrons. The van der Waals surface area contributed by atoms with Gasteiger partial charge in [0, 0.05) is 12.1 Å². The number of carbonyl (C=O) groups is 2. The van der Waals surface area contributed by atoms with Crippen LogP contribution in [0.5, 0.6) is 0 Å². The van der Waals surface area contributed by atoms with Gasteiger partial charge in [-0.05, 0) is 17.7 Å². The van der Waals surface area contributed by atoms with E-state index >= 15 is 0 Å². The van der Waals surface area contributed by atoms with Crippen molar-refractivity contribution in [1.82, 2.24) is 0 Å². The van der Waals surface area contributed by atoms with Crippen LogP contribution in [0, 0.1) is 17.1 Å². The van der Waals surface area contributed by atoms with E-state index in [9.17, 15) is 14.0 Å². The van der Waals surface area contributed by atoms with Crippen LogP contribution in [0.1, 0.15) is 17.9 Å². The molecule has 0 bridgehead atoms. The van der Waals surface area contributed by atoms with Crippen molar-refractivity contribution in [3.8, 4) is 6.07 Å². The molecule has 0 aromatic heterocycles. The molecule has 0 saturated carbocycles. The van der Waals surface area contributed by atoms with Gasteiger partial charge in [0.2, 0.25) is 5.91 Å². The molecular formula is C12H9FN2O3. The number of carbonyl (C=O) groups excluding carboxylic acids is 2. The van der Waals surface area contributed by atoms with Crippen molar-refractivity contribution in [2.75, 3.05) is 11.9 Å². The minimum absolute atomic E-state index is 0.0666. The lowest BCUT2D eigenvalue weighted by Crippen LogP contribution is -2.28. The summed E-state index contributed by atoms with van der Waals surface area (Å²) in [6.45, 7) is -0.368. The summed E-state index contributed by atoms with van der Waals surface area (Å²) in [7, 11) is 0. The molecule has 6 heteroatoms. The monoisotopic (exact) mass is 248 g/mol. The van der Waals surface area contributed by atoms with Crippen LogP contribution >= 0.6 is 0 Å². The number of hydrogen-bond acceptors (Lipinski definition) is 4. The number of rotatable bonds is 2. The molecule has 0 aliphatic carbocycles. The van der Waals surface area contributed by atoms with E-state index in [1.165, 1.54) is 12.1 Å². The number of fused-ring (bicyclic) bond motifs is 1. The Balaban J connectivity index is 2.31. The summed E-state index contributed by atoms with van der Waals surface area (Å²) in [5, 5.41) is 10.8. The van der Waals surface area contributed by atoms with Crippen molar-refractivity contribution in [2.45, 2.75) is 12.3 Å². The molecule has 1 aromatic carbocycles. The normalized spacial score (nSPS) is 17.3. The molecule has 1 aliphatic rings. The van der Waals surface area contributed by atoms with Gasteiger partial charge in [-0.3, -0.25) is 9.59 Å². The van der Waals surface area contributed by atoms with Gasteiger partial charge in [-0.15, -0.1) is 0 Å². The average Bonchev–Trinajstić information content (AvgIpc) is 2.34. The first kappa shape index (κ1) is 12.0. The van der Waals surface area contributed by atoms with Crippen molar-refractivity contribution >= 4 is 17.6 Å². The fraction of sp³-hybridized carbons (Fsp3) is 0.250. The molecule has 0 spiro atoms. The molecule has 5 nitrogen and oxygen atoms in total. The summed E-state index contributed by atoms with van der Waals surface area (Å²) in [6, 6.07) is 5.47. The molecule has 1 atom stereocenters. The molecule has 1 amide bonds. The number of ether oxygens (including phenoxy) is 1. The van der Waals surface area contributed by atoms with Crippen LogP contribution in [0.2, 0.25) is 0 Å². The van der Waals surface area contributed by atoms with E-state index in [0.717, 1.165) is 6.07 Å². The van der Waals surface area contributed by atoms with Gasteiger partial charge in [0.15, 0.2) is 6.61 Å². The van der Waals surface area contributed by atoms with Crippen LogP contribution in [0.15, 0.2) is 18.2 Å². The Bertz CT molecular complexity index is 551. The standard InChI is InChI=1S/C12H9FN2O3/c13-7-1-2-8-9(12(17)18-4-3-14)6-11(16)15-10(8)5-7/h1-2,5,9H,4,6H2,(H,15,16)/t9-/m0/s1. The summed E-state index contributed by atoms with van der Waals surface area (Å²) in [6.07, 6.45) is -0.0666. The third-order valence-electron chi connectivity index (χ3n) is 2.62. The highest BCUT2D eigenvalue weighted by molar-refractivity contribution is 5.99. The van der Waals surface area contributed by atoms with Crippen LogP contribution < -0.4 is 5.32 Å². The van der Waals surface area contributed by atoms with Crippen LogP contribution in [-0.2, 0) is 14.3 Å². The van der Waals surface area contributed by atoms with E-state index in [-0.39, 0.29) is 24.6 Å². The zero-order chi connectivity index (χ0) is 13.1. The fourth-order valence-corrected chi connectivity index (χ4v) is 1.85. The number of halogens is 1. The third-order valence-corrected chi connectivity index (χ3v) is 2.62. The Kier molecular flexibility index (Phi) is 3.24. The number of nitriles is 1. The second kappa shape index (κ2) is 4.84. The number of nitrogens with one attached hydrogen (secondary N) is 1. The molecule has 2 rings (SSSR count). The molecule has 0 saturated heterocycles. The number of nitrogens with zero attached hydrogens (tertiary/aromatic N) is 1. The summed E-state index contributed by atoms with van der Waals surface area (Å²) in [5.74, 6) is -2.32. The first-order valence-corrected chi connectivity index (χ1v) is 5.24. The van der Waals surface area contributed by atoms with Gasteiger partial charge in [-0.2, -0.15) is 5.26 Å². The van der Waals surface area contributed by atoms with Crippen molar-refractivity contribution in [2.24, 2.45) is 0 Å². The maximum absolute atomic E-state index is 13.0. The van der Waals surface area contributed by atoms with Crippen LogP contribution in [0.3, 0.4) is 0 Å². The topological polar surface area (TPSA) is 79.2 Å². The summed E-state index contributed by atoms with van der Waals surface area (Å²) in [5.41, 5.74) is 0.768. The number of benzene rings is 1. The van der Waals surface area contributed by atoms with Crippen molar-refractivity contribution < 1.29 is 18.7 Å². The molecule has 1 aliphatic heterocycles. The molecule has 1 N–H and O–H groups in total. The fourth-order valence-electron chi connectivity index (χ4n) is 1.85. The van der Waals surface area contributed by atoms with Crippen LogP contribution in [0.4, 0.5) is 10.1 Å². The largest absolute Gasteiger partial charge is 0.450 e. The SMILES string of the molecule is N#CCOC(=O)[C@H]1CC(=O)Nc2cc(F)ccc21. The molecule has 0 fully saturated rings. The van der Waals surface area contributed by atoms with Crippen molar-refractivity contribution in [3.63, 3.8) is 0 Å². The second-order valence-electron chi connectivity index (χ2n) is 3.80. The lowest BCUT2D eigenvalue weighted by atomic mass is 9.90. The summed E-state index contributed by atoms with van der Waals surface area (Å²) < 4.78 is 17.7. The molecule has 92 valence electrons. The highest BCUT2D eigenvalue weighted by Gasteiger charge is 2.32. The average molecular weight is 248 g/mol. The Morgan fingerprint density at radius 3 is 3.11 bits per heavy atom. The van der Waals surface area contributed by atoms with E-state index in [4.69, 9.17) is 10.00 Å². The quantitative estimate of drug-likeness (QED) is 0.800. The number of amides is 1. The number of hydrogen-bond donors (Lipinski definition) is 1. The highest BCUT2D eigenvalue weighted by Crippen LogP contribution is 2.33. The molecule has 1 heterocycles. The minimum atomic E-state index is -0.789.